The molecule has 0 amide bonds. The number of carbonyl (C=O) groups excluding carboxylic acids is 1. The van der Waals surface area contributed by atoms with E-state index in [9.17, 15) is 14.4 Å². The Morgan fingerprint density at radius 3 is 2.67 bits per heavy atom. The number of aromatic nitrogens is 4. The van der Waals surface area contributed by atoms with Crippen LogP contribution in [0.4, 0.5) is 0 Å². The van der Waals surface area contributed by atoms with Crippen LogP contribution >= 0.6 is 0 Å². The lowest BCUT2D eigenvalue weighted by atomic mass is 10.3. The standard InChI is InChI=1S/C13H18N4O4/c1-4-5-9(18)21-7-6-17-8-14-11-10(17)12(19)16(3)13(20)15(11)2/h8H,4-7H2,1-3H3. The Bertz CT molecular complexity index is 784. The maximum atomic E-state index is 12.2. The van der Waals surface area contributed by atoms with E-state index in [1.165, 1.54) is 17.9 Å². The third kappa shape index (κ3) is 2.74. The van der Waals surface area contributed by atoms with E-state index in [0.29, 0.717) is 24.1 Å². The van der Waals surface area contributed by atoms with Crippen molar-refractivity contribution >= 4 is 17.1 Å². The van der Waals surface area contributed by atoms with Crippen molar-refractivity contribution in [3.63, 3.8) is 0 Å². The van der Waals surface area contributed by atoms with Gasteiger partial charge in [0.15, 0.2) is 11.2 Å². The van der Waals surface area contributed by atoms with Gasteiger partial charge in [-0.1, -0.05) is 6.92 Å². The number of hydrogen-bond donors (Lipinski definition) is 0. The van der Waals surface area contributed by atoms with Crippen molar-refractivity contribution in [1.82, 2.24) is 18.7 Å². The molecule has 0 aliphatic heterocycles. The summed E-state index contributed by atoms with van der Waals surface area (Å²) in [6, 6.07) is 0. The molecule has 2 rings (SSSR count). The van der Waals surface area contributed by atoms with Crippen LogP contribution in [-0.2, 0) is 30.2 Å². The van der Waals surface area contributed by atoms with Gasteiger partial charge in [0.05, 0.1) is 12.9 Å². The van der Waals surface area contributed by atoms with E-state index in [1.54, 1.807) is 11.6 Å². The minimum absolute atomic E-state index is 0.163. The van der Waals surface area contributed by atoms with Gasteiger partial charge in [-0.25, -0.2) is 9.78 Å². The lowest BCUT2D eigenvalue weighted by molar-refractivity contribution is -0.143. The van der Waals surface area contributed by atoms with Gasteiger partial charge >= 0.3 is 11.7 Å². The van der Waals surface area contributed by atoms with Gasteiger partial charge in [-0.05, 0) is 6.42 Å². The normalized spacial score (nSPS) is 11.0. The smallest absolute Gasteiger partial charge is 0.332 e. The molecule has 2 aromatic heterocycles. The quantitative estimate of drug-likeness (QED) is 0.711. The Morgan fingerprint density at radius 2 is 2.00 bits per heavy atom. The Hall–Kier alpha value is -2.38. The lowest BCUT2D eigenvalue weighted by Crippen LogP contribution is -2.37. The number of carbonyl (C=O) groups is 1. The zero-order chi connectivity index (χ0) is 15.6. The summed E-state index contributed by atoms with van der Waals surface area (Å²) in [6.45, 7) is 2.38. The second-order valence-electron chi connectivity index (χ2n) is 4.79. The van der Waals surface area contributed by atoms with Gasteiger partial charge in [0.1, 0.15) is 6.61 Å². The summed E-state index contributed by atoms with van der Waals surface area (Å²) in [6.07, 6.45) is 2.58. The topological polar surface area (TPSA) is 88.1 Å². The first-order valence-electron chi connectivity index (χ1n) is 6.73. The summed E-state index contributed by atoms with van der Waals surface area (Å²) in [5, 5.41) is 0. The molecule has 114 valence electrons. The molecule has 0 N–H and O–H groups in total. The van der Waals surface area contributed by atoms with Crippen molar-refractivity contribution in [2.24, 2.45) is 14.1 Å². The number of hydrogen-bond acceptors (Lipinski definition) is 5. The van der Waals surface area contributed by atoms with Gasteiger partial charge in [-0.15, -0.1) is 0 Å². The Labute approximate surface area is 120 Å². The van der Waals surface area contributed by atoms with Crippen molar-refractivity contribution in [3.05, 3.63) is 27.2 Å². The van der Waals surface area contributed by atoms with Crippen molar-refractivity contribution < 1.29 is 9.53 Å². The first-order chi connectivity index (χ1) is 9.97. The first-order valence-corrected chi connectivity index (χ1v) is 6.73. The van der Waals surface area contributed by atoms with Crippen LogP contribution in [0.25, 0.3) is 11.2 Å². The van der Waals surface area contributed by atoms with E-state index < -0.39 is 11.2 Å². The zero-order valence-corrected chi connectivity index (χ0v) is 12.3. The monoisotopic (exact) mass is 294 g/mol. The van der Waals surface area contributed by atoms with Crippen molar-refractivity contribution in [3.8, 4) is 0 Å². The Morgan fingerprint density at radius 1 is 1.29 bits per heavy atom. The molecule has 0 unspecified atom stereocenters. The number of aryl methyl sites for hydroxylation is 1. The molecule has 0 fully saturated rings. The molecule has 8 heteroatoms. The summed E-state index contributed by atoms with van der Waals surface area (Å²) in [7, 11) is 2.98. The highest BCUT2D eigenvalue weighted by Crippen LogP contribution is 2.05. The fraction of sp³-hybridized carbons (Fsp3) is 0.538. The minimum Gasteiger partial charge on any atom is -0.464 e. The lowest BCUT2D eigenvalue weighted by Gasteiger charge is -2.07. The fourth-order valence-electron chi connectivity index (χ4n) is 2.10. The maximum absolute atomic E-state index is 12.2. The van der Waals surface area contributed by atoms with E-state index in [-0.39, 0.29) is 12.6 Å². The van der Waals surface area contributed by atoms with E-state index in [4.69, 9.17) is 4.74 Å². The summed E-state index contributed by atoms with van der Waals surface area (Å²) < 4.78 is 9.00. The van der Waals surface area contributed by atoms with Gasteiger partial charge in [0, 0.05) is 20.5 Å². The highest BCUT2D eigenvalue weighted by atomic mass is 16.5. The molecule has 0 aliphatic rings. The average molecular weight is 294 g/mol. The van der Waals surface area contributed by atoms with Gasteiger partial charge < -0.3 is 9.30 Å². The number of esters is 1. The van der Waals surface area contributed by atoms with Gasteiger partial charge in [0.2, 0.25) is 0 Å². The highest BCUT2D eigenvalue weighted by Gasteiger charge is 2.14. The van der Waals surface area contributed by atoms with Crippen LogP contribution in [0.1, 0.15) is 19.8 Å². The molecule has 0 radical (unpaired) electrons. The fourth-order valence-corrected chi connectivity index (χ4v) is 2.10. The van der Waals surface area contributed by atoms with E-state index in [0.717, 1.165) is 11.0 Å². The van der Waals surface area contributed by atoms with Crippen LogP contribution in [-0.4, -0.2) is 31.3 Å². The number of nitrogens with zero attached hydrogens (tertiary/aromatic N) is 4. The predicted octanol–water partition coefficient (Wildman–Crippen LogP) is -0.223. The third-order valence-electron chi connectivity index (χ3n) is 3.27. The molecular formula is C13H18N4O4. The molecule has 0 aliphatic carbocycles. The number of imidazole rings is 1. The van der Waals surface area contributed by atoms with Crippen molar-refractivity contribution in [2.75, 3.05) is 6.61 Å². The largest absolute Gasteiger partial charge is 0.464 e. The molecule has 0 aromatic carbocycles. The van der Waals surface area contributed by atoms with Gasteiger partial charge in [-0.2, -0.15) is 0 Å². The zero-order valence-electron chi connectivity index (χ0n) is 12.3. The van der Waals surface area contributed by atoms with Crippen LogP contribution in [0.2, 0.25) is 0 Å². The highest BCUT2D eigenvalue weighted by molar-refractivity contribution is 5.70. The van der Waals surface area contributed by atoms with Gasteiger partial charge in [0.25, 0.3) is 5.56 Å². The average Bonchev–Trinajstić information content (AvgIpc) is 2.87. The first kappa shape index (κ1) is 15.0. The molecule has 0 spiro atoms. The third-order valence-corrected chi connectivity index (χ3v) is 3.27. The van der Waals surface area contributed by atoms with E-state index >= 15 is 0 Å². The second kappa shape index (κ2) is 5.94. The van der Waals surface area contributed by atoms with Gasteiger partial charge in [-0.3, -0.25) is 18.7 Å². The van der Waals surface area contributed by atoms with Crippen LogP contribution < -0.4 is 11.2 Å². The summed E-state index contributed by atoms with van der Waals surface area (Å²) in [4.78, 5) is 39.3. The van der Waals surface area contributed by atoms with Crippen LogP contribution in [0, 0.1) is 0 Å². The molecule has 2 heterocycles. The SMILES string of the molecule is CCCC(=O)OCCn1cnc2c1c(=O)n(C)c(=O)n2C. The summed E-state index contributed by atoms with van der Waals surface area (Å²) >= 11 is 0. The number of ether oxygens (including phenoxy) is 1. The molecule has 0 bridgehead atoms. The molecule has 0 atom stereocenters. The predicted molar refractivity (Wildman–Crippen MR) is 76.1 cm³/mol. The second-order valence-corrected chi connectivity index (χ2v) is 4.79. The van der Waals surface area contributed by atoms with Crippen LogP contribution in [0.3, 0.4) is 0 Å². The Balaban J connectivity index is 2.29. The molecule has 2 aromatic rings. The number of fused-ring (bicyclic) bond motifs is 1. The summed E-state index contributed by atoms with van der Waals surface area (Å²) in [5.41, 5.74) is -0.188. The number of rotatable bonds is 5. The van der Waals surface area contributed by atoms with Crippen LogP contribution in [0.15, 0.2) is 15.9 Å². The summed E-state index contributed by atoms with van der Waals surface area (Å²) in [5.74, 6) is -0.262. The molecule has 21 heavy (non-hydrogen) atoms. The van der Waals surface area contributed by atoms with Crippen LogP contribution in [0.5, 0.6) is 0 Å². The minimum atomic E-state index is -0.424. The maximum Gasteiger partial charge on any atom is 0.332 e. The van der Waals surface area contributed by atoms with Crippen molar-refractivity contribution in [1.29, 1.82) is 0 Å². The molecule has 0 saturated carbocycles. The molecule has 8 nitrogen and oxygen atoms in total. The Kier molecular flexibility index (Phi) is 4.25. The molecule has 0 saturated heterocycles. The van der Waals surface area contributed by atoms with E-state index in [2.05, 4.69) is 4.98 Å². The molecular weight excluding hydrogens is 276 g/mol. The van der Waals surface area contributed by atoms with E-state index in [1.807, 2.05) is 6.92 Å². The van der Waals surface area contributed by atoms with Crippen molar-refractivity contribution in [2.45, 2.75) is 26.3 Å².